The van der Waals surface area contributed by atoms with E-state index in [9.17, 15) is 0 Å². The zero-order valence-electron chi connectivity index (χ0n) is 36.5. The van der Waals surface area contributed by atoms with Gasteiger partial charge < -0.3 is 9.80 Å². The highest BCUT2D eigenvalue weighted by Crippen LogP contribution is 2.39. The predicted molar refractivity (Wildman–Crippen MR) is 285 cm³/mol. The van der Waals surface area contributed by atoms with Crippen LogP contribution in [0.2, 0.25) is 0 Å². The normalized spacial score (nSPS) is 11.5. The van der Waals surface area contributed by atoms with Crippen LogP contribution in [0.1, 0.15) is 22.3 Å². The minimum absolute atomic E-state index is 1.10. The smallest absolute Gasteiger partial charge is 0.0462 e. The van der Waals surface area contributed by atoms with Gasteiger partial charge in [-0.2, -0.15) is 0 Å². The molecule has 66 heavy (non-hydrogen) atoms. The summed E-state index contributed by atoms with van der Waals surface area (Å²) in [4.78, 5) is 4.64. The summed E-state index contributed by atoms with van der Waals surface area (Å²) in [6, 6.07) is 91.2. The van der Waals surface area contributed by atoms with E-state index in [1.807, 2.05) is 0 Å². The number of para-hydroxylation sites is 2. The molecule has 0 atom stereocenters. The Morgan fingerprint density at radius 3 is 1.09 bits per heavy atom. The van der Waals surface area contributed by atoms with Gasteiger partial charge in [0.2, 0.25) is 0 Å². The van der Waals surface area contributed by atoms with Gasteiger partial charge in [-0.25, -0.2) is 0 Å². The van der Waals surface area contributed by atoms with Crippen molar-refractivity contribution < 1.29 is 0 Å². The van der Waals surface area contributed by atoms with E-state index >= 15 is 0 Å². The Morgan fingerprint density at radius 2 is 0.606 bits per heavy atom. The molecule has 0 N–H and O–H groups in total. The Hall–Kier alpha value is -8.72. The zero-order valence-corrected chi connectivity index (χ0v) is 36.5. The molecule has 312 valence electrons. The molecule has 0 aliphatic carbocycles. The summed E-state index contributed by atoms with van der Waals surface area (Å²) in [5, 5.41) is 7.53. The molecule has 0 saturated heterocycles. The Balaban J connectivity index is 0.843. The van der Waals surface area contributed by atoms with Crippen LogP contribution in [0.5, 0.6) is 0 Å². The molecule has 0 heterocycles. The molecule has 0 spiro atoms. The number of hydrogen-bond acceptors (Lipinski definition) is 2. The number of anilines is 6. The summed E-state index contributed by atoms with van der Waals surface area (Å²) in [7, 11) is 0. The van der Waals surface area contributed by atoms with Crippen LogP contribution >= 0.6 is 0 Å². The zero-order chi connectivity index (χ0) is 44.1. The molecule has 0 aromatic heterocycles. The van der Waals surface area contributed by atoms with Gasteiger partial charge in [-0.1, -0.05) is 200 Å². The molecule has 0 fully saturated rings. The van der Waals surface area contributed by atoms with Gasteiger partial charge in [0.25, 0.3) is 0 Å². The van der Waals surface area contributed by atoms with Crippen molar-refractivity contribution in [1.29, 1.82) is 0 Å². The number of fused-ring (bicyclic) bond motifs is 3. The van der Waals surface area contributed by atoms with Gasteiger partial charge in [0.05, 0.1) is 0 Å². The van der Waals surface area contributed by atoms with E-state index in [2.05, 4.69) is 289 Å². The predicted octanol–water partition coefficient (Wildman–Crippen LogP) is 18.1. The van der Waals surface area contributed by atoms with E-state index in [-0.39, 0.29) is 0 Å². The standard InChI is InChI=1S/C64H46N2/c1-3-19-55(20-4-1)65(57-37-27-47(28-38-57)26-32-52-18-13-17-51-14-7-10-23-61(51)52)59-41-33-49(34-42-59)50-35-43-60(44-36-50)66(56-21-5-2-6-22-56)58-39-29-48(30-40-58)31-45-64-62-24-11-8-15-53(62)46-54-16-9-12-25-63(54)64/h1-46H. The summed E-state index contributed by atoms with van der Waals surface area (Å²) in [6.07, 6.45) is 8.90. The summed E-state index contributed by atoms with van der Waals surface area (Å²) >= 11 is 0. The van der Waals surface area contributed by atoms with E-state index in [0.29, 0.717) is 0 Å². The van der Waals surface area contributed by atoms with Gasteiger partial charge >= 0.3 is 0 Å². The van der Waals surface area contributed by atoms with Crippen molar-refractivity contribution in [2.75, 3.05) is 9.80 Å². The topological polar surface area (TPSA) is 6.48 Å². The lowest BCUT2D eigenvalue weighted by molar-refractivity contribution is 1.28. The van der Waals surface area contributed by atoms with Crippen molar-refractivity contribution in [3.8, 4) is 11.1 Å². The van der Waals surface area contributed by atoms with Gasteiger partial charge in [-0.15, -0.1) is 0 Å². The van der Waals surface area contributed by atoms with Crippen LogP contribution in [0, 0.1) is 0 Å². The molecular formula is C64H46N2. The second-order valence-corrected chi connectivity index (χ2v) is 16.6. The number of hydrogen-bond donors (Lipinski definition) is 0. The van der Waals surface area contributed by atoms with Gasteiger partial charge in [0.1, 0.15) is 0 Å². The van der Waals surface area contributed by atoms with Crippen molar-refractivity contribution in [2.24, 2.45) is 0 Å². The van der Waals surface area contributed by atoms with Gasteiger partial charge in [0.15, 0.2) is 0 Å². The van der Waals surface area contributed by atoms with Gasteiger partial charge in [-0.05, 0) is 145 Å². The highest BCUT2D eigenvalue weighted by atomic mass is 15.1. The van der Waals surface area contributed by atoms with Crippen LogP contribution in [0.15, 0.2) is 255 Å². The lowest BCUT2D eigenvalue weighted by atomic mass is 9.96. The quantitative estimate of drug-likeness (QED) is 0.0945. The second-order valence-electron chi connectivity index (χ2n) is 16.6. The third-order valence-electron chi connectivity index (χ3n) is 12.4. The highest BCUT2D eigenvalue weighted by molar-refractivity contribution is 6.08. The first-order valence-corrected chi connectivity index (χ1v) is 22.6. The van der Waals surface area contributed by atoms with Crippen LogP contribution in [0.3, 0.4) is 0 Å². The molecule has 0 bridgehead atoms. The molecule has 0 unspecified atom stereocenters. The lowest BCUT2D eigenvalue weighted by Crippen LogP contribution is -2.10. The van der Waals surface area contributed by atoms with E-state index in [0.717, 1.165) is 56.4 Å². The summed E-state index contributed by atoms with van der Waals surface area (Å²) in [6.45, 7) is 0. The highest BCUT2D eigenvalue weighted by Gasteiger charge is 2.15. The molecule has 2 nitrogen and oxygen atoms in total. The molecule has 0 amide bonds. The first-order chi connectivity index (χ1) is 32.7. The fraction of sp³-hybridized carbons (Fsp3) is 0. The third-order valence-corrected chi connectivity index (χ3v) is 12.4. The van der Waals surface area contributed by atoms with Crippen LogP contribution in [0.4, 0.5) is 34.1 Å². The van der Waals surface area contributed by atoms with Crippen LogP contribution in [-0.4, -0.2) is 0 Å². The average Bonchev–Trinajstić information content (AvgIpc) is 3.39. The van der Waals surface area contributed by atoms with Crippen LogP contribution in [-0.2, 0) is 0 Å². The van der Waals surface area contributed by atoms with Crippen molar-refractivity contribution in [2.45, 2.75) is 0 Å². The molecular weight excluding hydrogens is 797 g/mol. The maximum absolute atomic E-state index is 2.32. The molecule has 2 heteroatoms. The molecule has 0 saturated carbocycles. The maximum atomic E-state index is 2.32. The van der Waals surface area contributed by atoms with Gasteiger partial charge in [0, 0.05) is 34.1 Å². The Bertz CT molecular complexity index is 3420. The largest absolute Gasteiger partial charge is 0.311 e. The minimum atomic E-state index is 1.10. The Labute approximate surface area is 386 Å². The molecule has 0 aliphatic heterocycles. The molecule has 11 rings (SSSR count). The Kier molecular flexibility index (Phi) is 11.0. The fourth-order valence-electron chi connectivity index (χ4n) is 9.11. The summed E-state index contributed by atoms with van der Waals surface area (Å²) < 4.78 is 0. The summed E-state index contributed by atoms with van der Waals surface area (Å²) in [5.74, 6) is 0. The van der Waals surface area contributed by atoms with Crippen molar-refractivity contribution in [3.63, 3.8) is 0 Å². The number of nitrogens with zero attached hydrogens (tertiary/aromatic N) is 2. The third kappa shape index (κ3) is 8.28. The summed E-state index contributed by atoms with van der Waals surface area (Å²) in [5.41, 5.74) is 13.7. The molecule has 11 aromatic rings. The molecule has 0 aliphatic rings. The van der Waals surface area contributed by atoms with E-state index in [4.69, 9.17) is 0 Å². The van der Waals surface area contributed by atoms with Gasteiger partial charge in [-0.3, -0.25) is 0 Å². The monoisotopic (exact) mass is 842 g/mol. The lowest BCUT2D eigenvalue weighted by Gasteiger charge is -2.26. The second kappa shape index (κ2) is 18.2. The number of rotatable bonds is 11. The van der Waals surface area contributed by atoms with E-state index in [1.54, 1.807) is 0 Å². The van der Waals surface area contributed by atoms with Crippen molar-refractivity contribution >= 4 is 90.7 Å². The molecule has 0 radical (unpaired) electrons. The van der Waals surface area contributed by atoms with E-state index < -0.39 is 0 Å². The Morgan fingerprint density at radius 1 is 0.242 bits per heavy atom. The van der Waals surface area contributed by atoms with E-state index in [1.165, 1.54) is 43.4 Å². The average molecular weight is 843 g/mol. The van der Waals surface area contributed by atoms with Crippen LogP contribution < -0.4 is 9.80 Å². The molecule has 11 aromatic carbocycles. The SMILES string of the molecule is C(=Cc1cccc2ccccc12)c1ccc(N(c2ccccc2)c2ccc(-c3ccc(N(c4ccccc4)c4ccc(C=Cc5c6ccccc6cc6ccccc56)cc4)cc3)cc2)cc1. The fourth-order valence-corrected chi connectivity index (χ4v) is 9.11. The first kappa shape index (κ1) is 40.1. The maximum Gasteiger partial charge on any atom is 0.0462 e. The van der Waals surface area contributed by atoms with Crippen molar-refractivity contribution in [3.05, 3.63) is 277 Å². The van der Waals surface area contributed by atoms with Crippen molar-refractivity contribution in [1.82, 2.24) is 0 Å². The van der Waals surface area contributed by atoms with Crippen LogP contribution in [0.25, 0.3) is 67.7 Å². The number of benzene rings is 11. The first-order valence-electron chi connectivity index (χ1n) is 22.6. The minimum Gasteiger partial charge on any atom is -0.311 e.